The van der Waals surface area contributed by atoms with Crippen LogP contribution in [0.1, 0.15) is 0 Å². The van der Waals surface area contributed by atoms with Crippen molar-refractivity contribution in [3.63, 3.8) is 0 Å². The van der Waals surface area contributed by atoms with E-state index in [0.717, 1.165) is 33.6 Å². The molecule has 0 saturated carbocycles. The molecule has 0 unspecified atom stereocenters. The van der Waals surface area contributed by atoms with Crippen LogP contribution in [0.3, 0.4) is 0 Å². The van der Waals surface area contributed by atoms with Crippen LogP contribution >= 0.6 is 0 Å². The quantitative estimate of drug-likeness (QED) is 0.363. The van der Waals surface area contributed by atoms with E-state index >= 15 is 0 Å². The molecule has 0 bridgehead atoms. The van der Waals surface area contributed by atoms with Crippen molar-refractivity contribution in [3.8, 4) is 22.4 Å². The summed E-state index contributed by atoms with van der Waals surface area (Å²) in [5, 5.41) is 7.93. The van der Waals surface area contributed by atoms with Crippen molar-refractivity contribution in [1.29, 1.82) is 0 Å². The first-order valence-electron chi connectivity index (χ1n) is 11.9. The molecule has 0 radical (unpaired) electrons. The van der Waals surface area contributed by atoms with Gasteiger partial charge in [0.15, 0.2) is 0 Å². The molecule has 9 nitrogen and oxygen atoms in total. The summed E-state index contributed by atoms with van der Waals surface area (Å²) in [5.74, 6) is 0.427. The summed E-state index contributed by atoms with van der Waals surface area (Å²) in [6.45, 7) is 1.51. The van der Waals surface area contributed by atoms with Crippen LogP contribution in [0.5, 0.6) is 0 Å². The molecule has 37 heavy (non-hydrogen) atoms. The Morgan fingerprint density at radius 3 is 2.43 bits per heavy atom. The van der Waals surface area contributed by atoms with Gasteiger partial charge < -0.3 is 10.1 Å². The van der Waals surface area contributed by atoms with E-state index in [4.69, 9.17) is 4.74 Å². The minimum atomic E-state index is -3.61. The highest BCUT2D eigenvalue weighted by atomic mass is 32.2. The van der Waals surface area contributed by atoms with Gasteiger partial charge in [0.25, 0.3) is 0 Å². The molecule has 186 valence electrons. The van der Waals surface area contributed by atoms with Gasteiger partial charge in [-0.3, -0.25) is 4.98 Å². The van der Waals surface area contributed by atoms with Gasteiger partial charge in [0.05, 0.1) is 35.5 Å². The van der Waals surface area contributed by atoms with Crippen LogP contribution in [-0.2, 0) is 14.8 Å². The summed E-state index contributed by atoms with van der Waals surface area (Å²) >= 11 is 0. The maximum Gasteiger partial charge on any atom is 0.245 e. The fourth-order valence-electron chi connectivity index (χ4n) is 4.34. The van der Waals surface area contributed by atoms with Crippen LogP contribution in [-0.4, -0.2) is 58.6 Å². The van der Waals surface area contributed by atoms with Gasteiger partial charge in [-0.15, -0.1) is 5.10 Å². The Labute approximate surface area is 214 Å². The predicted molar refractivity (Wildman–Crippen MR) is 141 cm³/mol. The van der Waals surface area contributed by atoms with E-state index in [2.05, 4.69) is 20.4 Å². The molecule has 10 heteroatoms. The van der Waals surface area contributed by atoms with Gasteiger partial charge in [-0.25, -0.2) is 17.9 Å². The third-order valence-electron chi connectivity index (χ3n) is 6.27. The van der Waals surface area contributed by atoms with Crippen LogP contribution < -0.4 is 5.32 Å². The Balaban J connectivity index is 1.28. The van der Waals surface area contributed by atoms with Gasteiger partial charge in [0, 0.05) is 36.7 Å². The molecule has 0 atom stereocenters. The summed E-state index contributed by atoms with van der Waals surface area (Å²) in [4.78, 5) is 8.86. The SMILES string of the molecule is O=S(=O)(c1cccc(-c2ccc3cnc(Nc4ccc(-c5cccnc5)cc4)nn23)c1)N1CCOCC1. The molecular formula is C27H24N6O3S. The highest BCUT2D eigenvalue weighted by Gasteiger charge is 2.26. The zero-order chi connectivity index (χ0) is 25.2. The van der Waals surface area contributed by atoms with Gasteiger partial charge in [-0.1, -0.05) is 30.3 Å². The van der Waals surface area contributed by atoms with E-state index in [1.807, 2.05) is 60.8 Å². The number of sulfonamides is 1. The monoisotopic (exact) mass is 512 g/mol. The highest BCUT2D eigenvalue weighted by Crippen LogP contribution is 2.27. The Kier molecular flexibility index (Phi) is 6.13. The Hall–Kier alpha value is -4.12. The minimum Gasteiger partial charge on any atom is -0.379 e. The zero-order valence-corrected chi connectivity index (χ0v) is 20.7. The smallest absolute Gasteiger partial charge is 0.245 e. The number of benzene rings is 2. The summed E-state index contributed by atoms with van der Waals surface area (Å²) < 4.78 is 34.9. The maximum absolute atomic E-state index is 13.2. The molecule has 1 saturated heterocycles. The van der Waals surface area contributed by atoms with E-state index in [-0.39, 0.29) is 4.90 Å². The Bertz CT molecular complexity index is 1650. The van der Waals surface area contributed by atoms with Crippen molar-refractivity contribution >= 4 is 27.2 Å². The fourth-order valence-corrected chi connectivity index (χ4v) is 5.79. The zero-order valence-electron chi connectivity index (χ0n) is 19.9. The molecule has 2 aromatic carbocycles. The van der Waals surface area contributed by atoms with Crippen molar-refractivity contribution in [3.05, 3.63) is 91.4 Å². The molecule has 5 aromatic rings. The van der Waals surface area contributed by atoms with E-state index in [1.54, 1.807) is 35.1 Å². The number of aromatic nitrogens is 4. The lowest BCUT2D eigenvalue weighted by Gasteiger charge is -2.26. The molecule has 1 N–H and O–H groups in total. The number of nitrogens with zero attached hydrogens (tertiary/aromatic N) is 5. The standard InChI is InChI=1S/C27H24N6O3S/c34-37(35,32-13-15-36-16-14-32)25-5-1-3-21(17-25)26-11-10-24-19-29-27(31-33(24)26)30-23-8-6-20(7-9-23)22-4-2-12-28-18-22/h1-12,17-19H,13-16H2,(H,30,31). The van der Waals surface area contributed by atoms with Gasteiger partial charge in [-0.05, 0) is 53.6 Å². The van der Waals surface area contributed by atoms with Gasteiger partial charge >= 0.3 is 0 Å². The van der Waals surface area contributed by atoms with E-state index in [0.29, 0.717) is 32.3 Å². The normalized spacial score (nSPS) is 14.6. The second-order valence-electron chi connectivity index (χ2n) is 8.63. The molecule has 0 spiro atoms. The minimum absolute atomic E-state index is 0.253. The summed E-state index contributed by atoms with van der Waals surface area (Å²) in [6, 6.07) is 22.7. The summed E-state index contributed by atoms with van der Waals surface area (Å²) in [7, 11) is -3.61. The lowest BCUT2D eigenvalue weighted by Crippen LogP contribution is -2.40. The van der Waals surface area contributed by atoms with Gasteiger partial charge in [0.1, 0.15) is 0 Å². The number of morpholine rings is 1. The number of rotatable bonds is 6. The van der Waals surface area contributed by atoms with Crippen molar-refractivity contribution in [1.82, 2.24) is 23.9 Å². The van der Waals surface area contributed by atoms with Crippen LogP contribution in [0.25, 0.3) is 27.9 Å². The second kappa shape index (κ2) is 9.74. The maximum atomic E-state index is 13.2. The first kappa shape index (κ1) is 23.3. The first-order valence-corrected chi connectivity index (χ1v) is 13.3. The molecule has 1 aliphatic heterocycles. The molecule has 1 aliphatic rings. The van der Waals surface area contributed by atoms with Crippen molar-refractivity contribution in [2.75, 3.05) is 31.6 Å². The predicted octanol–water partition coefficient (Wildman–Crippen LogP) is 4.22. The van der Waals surface area contributed by atoms with Crippen LogP contribution in [0.15, 0.2) is 96.3 Å². The van der Waals surface area contributed by atoms with Crippen molar-refractivity contribution < 1.29 is 13.2 Å². The van der Waals surface area contributed by atoms with E-state index in [9.17, 15) is 8.42 Å². The molecule has 4 heterocycles. The fraction of sp³-hybridized carbons (Fsp3) is 0.148. The molecule has 3 aromatic heterocycles. The number of hydrogen-bond donors (Lipinski definition) is 1. The molecular weight excluding hydrogens is 488 g/mol. The highest BCUT2D eigenvalue weighted by molar-refractivity contribution is 7.89. The van der Waals surface area contributed by atoms with Gasteiger partial charge in [0.2, 0.25) is 16.0 Å². The third kappa shape index (κ3) is 4.69. The lowest BCUT2D eigenvalue weighted by molar-refractivity contribution is 0.0730. The second-order valence-corrected chi connectivity index (χ2v) is 10.6. The largest absolute Gasteiger partial charge is 0.379 e. The van der Waals surface area contributed by atoms with E-state index in [1.165, 1.54) is 4.31 Å². The topological polar surface area (TPSA) is 102 Å². The average Bonchev–Trinajstić information content (AvgIpc) is 3.38. The Morgan fingerprint density at radius 1 is 0.838 bits per heavy atom. The van der Waals surface area contributed by atoms with E-state index < -0.39 is 10.0 Å². The number of nitrogens with one attached hydrogen (secondary N) is 1. The number of pyridine rings is 1. The van der Waals surface area contributed by atoms with Crippen LogP contribution in [0, 0.1) is 0 Å². The Morgan fingerprint density at radius 2 is 1.65 bits per heavy atom. The van der Waals surface area contributed by atoms with Crippen LogP contribution in [0.2, 0.25) is 0 Å². The third-order valence-corrected chi connectivity index (χ3v) is 8.17. The molecule has 0 aliphatic carbocycles. The van der Waals surface area contributed by atoms with Crippen LogP contribution in [0.4, 0.5) is 11.6 Å². The molecule has 6 rings (SSSR count). The summed E-state index contributed by atoms with van der Waals surface area (Å²) in [6.07, 6.45) is 5.31. The number of ether oxygens (including phenoxy) is 1. The summed E-state index contributed by atoms with van der Waals surface area (Å²) in [5.41, 5.74) is 5.27. The first-order chi connectivity index (χ1) is 18.1. The van der Waals surface area contributed by atoms with Crippen molar-refractivity contribution in [2.45, 2.75) is 4.90 Å². The number of hydrogen-bond acceptors (Lipinski definition) is 7. The molecule has 1 fully saturated rings. The molecule has 0 amide bonds. The van der Waals surface area contributed by atoms with Crippen molar-refractivity contribution in [2.24, 2.45) is 0 Å². The lowest BCUT2D eigenvalue weighted by atomic mass is 10.1. The number of fused-ring (bicyclic) bond motifs is 1. The number of anilines is 2. The van der Waals surface area contributed by atoms with Gasteiger partial charge in [-0.2, -0.15) is 4.31 Å². The average molecular weight is 513 g/mol.